The highest BCUT2D eigenvalue weighted by atomic mass is 16.7. The van der Waals surface area contributed by atoms with Gasteiger partial charge in [0.1, 0.15) is 24.4 Å². The third-order valence-electron chi connectivity index (χ3n) is 3.69. The number of aliphatic hydroxyl groups excluding tert-OH is 4. The van der Waals surface area contributed by atoms with Gasteiger partial charge in [-0.25, -0.2) is 0 Å². The average molecular weight is 327 g/mol. The second-order valence-corrected chi connectivity index (χ2v) is 5.43. The van der Waals surface area contributed by atoms with Crippen molar-refractivity contribution in [2.24, 2.45) is 5.73 Å². The standard InChI is InChI=1S/C15H21NO7/c16-9(6-8-4-2-1-3-5-8)14(20)23-13-11(18)10(7-17)22-15(21)12(13)19/h1-5,9-13,15,17-19,21H,6-7,16H2/t9-,10+,11-,12+,13-,15?/m0/s1. The first-order valence-corrected chi connectivity index (χ1v) is 7.24. The van der Waals surface area contributed by atoms with Crippen molar-refractivity contribution in [3.63, 3.8) is 0 Å². The fourth-order valence-corrected chi connectivity index (χ4v) is 2.38. The van der Waals surface area contributed by atoms with Gasteiger partial charge >= 0.3 is 5.97 Å². The Morgan fingerprint density at radius 1 is 1.22 bits per heavy atom. The van der Waals surface area contributed by atoms with Crippen molar-refractivity contribution in [1.82, 2.24) is 0 Å². The monoisotopic (exact) mass is 327 g/mol. The van der Waals surface area contributed by atoms with Gasteiger partial charge in [0.2, 0.25) is 0 Å². The Balaban J connectivity index is 1.99. The highest BCUT2D eigenvalue weighted by Gasteiger charge is 2.46. The van der Waals surface area contributed by atoms with Crippen LogP contribution < -0.4 is 5.73 Å². The number of carbonyl (C=O) groups is 1. The normalized spacial score (nSPS) is 32.3. The molecular weight excluding hydrogens is 306 g/mol. The summed E-state index contributed by atoms with van der Waals surface area (Å²) >= 11 is 0. The zero-order valence-corrected chi connectivity index (χ0v) is 12.4. The second-order valence-electron chi connectivity index (χ2n) is 5.43. The van der Waals surface area contributed by atoms with E-state index in [2.05, 4.69) is 0 Å². The predicted octanol–water partition coefficient (Wildman–Crippen LogP) is -2.10. The Morgan fingerprint density at radius 2 is 1.87 bits per heavy atom. The smallest absolute Gasteiger partial charge is 0.323 e. The van der Waals surface area contributed by atoms with E-state index < -0.39 is 49.3 Å². The summed E-state index contributed by atoms with van der Waals surface area (Å²) in [5.74, 6) is -0.831. The highest BCUT2D eigenvalue weighted by Crippen LogP contribution is 2.22. The van der Waals surface area contributed by atoms with Crippen molar-refractivity contribution in [2.45, 2.75) is 43.2 Å². The lowest BCUT2D eigenvalue weighted by Crippen LogP contribution is -2.60. The lowest BCUT2D eigenvalue weighted by atomic mass is 9.99. The molecule has 0 amide bonds. The quantitative estimate of drug-likeness (QED) is 0.387. The van der Waals surface area contributed by atoms with Crippen molar-refractivity contribution >= 4 is 5.97 Å². The summed E-state index contributed by atoms with van der Waals surface area (Å²) in [6.45, 7) is -0.602. The van der Waals surface area contributed by atoms with Gasteiger partial charge in [-0.2, -0.15) is 0 Å². The molecule has 23 heavy (non-hydrogen) atoms. The molecular formula is C15H21NO7. The second kappa shape index (κ2) is 7.82. The molecule has 1 aliphatic rings. The summed E-state index contributed by atoms with van der Waals surface area (Å²) < 4.78 is 9.85. The first-order chi connectivity index (χ1) is 10.9. The summed E-state index contributed by atoms with van der Waals surface area (Å²) in [7, 11) is 0. The van der Waals surface area contributed by atoms with E-state index in [0.29, 0.717) is 0 Å². The predicted molar refractivity (Wildman–Crippen MR) is 78.0 cm³/mol. The van der Waals surface area contributed by atoms with Crippen LogP contribution in [0.25, 0.3) is 0 Å². The molecule has 6 atom stereocenters. The topological polar surface area (TPSA) is 142 Å². The fraction of sp³-hybridized carbons (Fsp3) is 0.533. The maximum absolute atomic E-state index is 12.1. The Kier molecular flexibility index (Phi) is 6.05. The molecule has 0 aromatic heterocycles. The maximum Gasteiger partial charge on any atom is 0.323 e. The molecule has 8 heteroatoms. The Bertz CT molecular complexity index is 512. The zero-order valence-electron chi connectivity index (χ0n) is 12.4. The number of hydrogen-bond donors (Lipinski definition) is 5. The van der Waals surface area contributed by atoms with Crippen LogP contribution in [0.4, 0.5) is 0 Å². The molecule has 1 unspecified atom stereocenters. The number of ether oxygens (including phenoxy) is 2. The number of esters is 1. The highest BCUT2D eigenvalue weighted by molar-refractivity contribution is 5.76. The van der Waals surface area contributed by atoms with Gasteiger partial charge in [0, 0.05) is 0 Å². The van der Waals surface area contributed by atoms with Crippen molar-refractivity contribution in [2.75, 3.05) is 6.61 Å². The average Bonchev–Trinajstić information content (AvgIpc) is 2.55. The third-order valence-corrected chi connectivity index (χ3v) is 3.69. The Labute approximate surface area is 133 Å². The summed E-state index contributed by atoms with van der Waals surface area (Å²) in [6.07, 6.45) is -7.19. The van der Waals surface area contributed by atoms with E-state index in [0.717, 1.165) is 5.56 Å². The molecule has 1 heterocycles. The van der Waals surface area contributed by atoms with Gasteiger partial charge in [0.05, 0.1) is 6.61 Å². The van der Waals surface area contributed by atoms with E-state index in [9.17, 15) is 20.1 Å². The molecule has 0 radical (unpaired) electrons. The number of hydrogen-bond acceptors (Lipinski definition) is 8. The van der Waals surface area contributed by atoms with Crippen molar-refractivity contribution in [3.05, 3.63) is 35.9 Å². The number of nitrogens with two attached hydrogens (primary N) is 1. The van der Waals surface area contributed by atoms with Crippen molar-refractivity contribution in [1.29, 1.82) is 0 Å². The number of aliphatic hydroxyl groups is 4. The van der Waals surface area contributed by atoms with E-state index in [-0.39, 0.29) is 6.42 Å². The maximum atomic E-state index is 12.1. The molecule has 2 rings (SSSR count). The van der Waals surface area contributed by atoms with Crippen LogP contribution in [0.1, 0.15) is 5.56 Å². The van der Waals surface area contributed by atoms with Gasteiger partial charge in [-0.1, -0.05) is 30.3 Å². The van der Waals surface area contributed by atoms with Crippen LogP contribution in [-0.2, 0) is 20.7 Å². The van der Waals surface area contributed by atoms with E-state index in [1.54, 1.807) is 12.1 Å². The van der Waals surface area contributed by atoms with Crippen LogP contribution >= 0.6 is 0 Å². The number of rotatable bonds is 5. The minimum absolute atomic E-state index is 0.223. The molecule has 1 aliphatic heterocycles. The lowest BCUT2D eigenvalue weighted by Gasteiger charge is -2.39. The molecule has 1 aromatic carbocycles. The van der Waals surface area contributed by atoms with Gasteiger partial charge in [-0.15, -0.1) is 0 Å². The summed E-state index contributed by atoms with van der Waals surface area (Å²) in [4.78, 5) is 12.1. The van der Waals surface area contributed by atoms with Crippen LogP contribution in [0.5, 0.6) is 0 Å². The SMILES string of the molecule is N[C@@H](Cc1ccccc1)C(=O)O[C@H]1[C@@H](O)[C@@H](CO)OC(O)[C@@H]1O. The van der Waals surface area contributed by atoms with Crippen LogP contribution in [0.2, 0.25) is 0 Å². The summed E-state index contributed by atoms with van der Waals surface area (Å²) in [6, 6.07) is 8.05. The molecule has 0 spiro atoms. The van der Waals surface area contributed by atoms with Gasteiger partial charge in [0.15, 0.2) is 12.4 Å². The van der Waals surface area contributed by atoms with Crippen LogP contribution in [-0.4, -0.2) is 69.8 Å². The van der Waals surface area contributed by atoms with Crippen LogP contribution in [0.3, 0.4) is 0 Å². The lowest BCUT2D eigenvalue weighted by molar-refractivity contribution is -0.290. The minimum Gasteiger partial charge on any atom is -0.455 e. The van der Waals surface area contributed by atoms with Crippen LogP contribution in [0, 0.1) is 0 Å². The number of carbonyl (C=O) groups excluding carboxylic acids is 1. The summed E-state index contributed by atoms with van der Waals surface area (Å²) in [5, 5.41) is 38.4. The van der Waals surface area contributed by atoms with Crippen molar-refractivity contribution < 1.29 is 34.7 Å². The fourth-order valence-electron chi connectivity index (χ4n) is 2.38. The molecule has 0 aliphatic carbocycles. The van der Waals surface area contributed by atoms with Crippen LogP contribution in [0.15, 0.2) is 30.3 Å². The zero-order chi connectivity index (χ0) is 17.0. The molecule has 128 valence electrons. The van der Waals surface area contributed by atoms with Gasteiger partial charge in [-0.3, -0.25) is 4.79 Å². The molecule has 6 N–H and O–H groups in total. The first kappa shape index (κ1) is 17.8. The van der Waals surface area contributed by atoms with E-state index in [4.69, 9.17) is 20.3 Å². The largest absolute Gasteiger partial charge is 0.455 e. The molecule has 8 nitrogen and oxygen atoms in total. The molecule has 0 bridgehead atoms. The van der Waals surface area contributed by atoms with E-state index in [1.807, 2.05) is 18.2 Å². The molecule has 0 saturated carbocycles. The van der Waals surface area contributed by atoms with E-state index >= 15 is 0 Å². The number of benzene rings is 1. The summed E-state index contributed by atoms with van der Waals surface area (Å²) in [5.41, 5.74) is 6.61. The van der Waals surface area contributed by atoms with Crippen molar-refractivity contribution in [3.8, 4) is 0 Å². The first-order valence-electron chi connectivity index (χ1n) is 7.24. The molecule has 1 saturated heterocycles. The molecule has 1 fully saturated rings. The Hall–Kier alpha value is -1.55. The Morgan fingerprint density at radius 3 is 2.48 bits per heavy atom. The van der Waals surface area contributed by atoms with Gasteiger partial charge in [-0.05, 0) is 12.0 Å². The third kappa shape index (κ3) is 4.25. The molecule has 1 aromatic rings. The van der Waals surface area contributed by atoms with Gasteiger partial charge in [0.25, 0.3) is 0 Å². The van der Waals surface area contributed by atoms with E-state index in [1.165, 1.54) is 0 Å². The minimum atomic E-state index is -1.68. The van der Waals surface area contributed by atoms with Gasteiger partial charge < -0.3 is 35.6 Å².